The number of nitrogens with one attached hydrogen (secondary N) is 2. The Morgan fingerprint density at radius 1 is 1.26 bits per heavy atom. The van der Waals surface area contributed by atoms with Gasteiger partial charge in [-0.15, -0.1) is 0 Å². The number of thioether (sulfide) groups is 1. The monoisotopic (exact) mass is 292 g/mol. The molecule has 6 heteroatoms. The second kappa shape index (κ2) is 8.66. The molecular formula is C13H28N2O3S. The van der Waals surface area contributed by atoms with Gasteiger partial charge in [0.05, 0.1) is 5.60 Å². The van der Waals surface area contributed by atoms with Crippen molar-refractivity contribution in [1.29, 1.82) is 0 Å². The summed E-state index contributed by atoms with van der Waals surface area (Å²) < 4.78 is 5.12. The van der Waals surface area contributed by atoms with E-state index in [1.165, 1.54) is 0 Å². The van der Waals surface area contributed by atoms with E-state index in [0.29, 0.717) is 18.8 Å². The highest BCUT2D eigenvalue weighted by Crippen LogP contribution is 2.08. The lowest BCUT2D eigenvalue weighted by Gasteiger charge is -2.22. The minimum absolute atomic E-state index is 0.387. The lowest BCUT2D eigenvalue weighted by molar-refractivity contribution is 0.0525. The van der Waals surface area contributed by atoms with Gasteiger partial charge in [0.2, 0.25) is 0 Å². The maximum absolute atomic E-state index is 11.3. The third-order valence-electron chi connectivity index (χ3n) is 2.16. The van der Waals surface area contributed by atoms with Crippen LogP contribution in [0.25, 0.3) is 0 Å². The molecule has 3 N–H and O–H groups in total. The number of hydrogen-bond acceptors (Lipinski definition) is 5. The average molecular weight is 292 g/mol. The van der Waals surface area contributed by atoms with Crippen molar-refractivity contribution in [2.75, 3.05) is 31.6 Å². The zero-order valence-electron chi connectivity index (χ0n) is 12.7. The van der Waals surface area contributed by atoms with E-state index in [1.54, 1.807) is 11.8 Å². The van der Waals surface area contributed by atoms with E-state index in [4.69, 9.17) is 4.74 Å². The second-order valence-electron chi connectivity index (χ2n) is 5.89. The Labute approximate surface area is 120 Å². The molecule has 0 fully saturated rings. The van der Waals surface area contributed by atoms with E-state index >= 15 is 0 Å². The van der Waals surface area contributed by atoms with E-state index in [-0.39, 0.29) is 6.09 Å². The van der Waals surface area contributed by atoms with Crippen LogP contribution >= 0.6 is 11.8 Å². The minimum atomic E-state index is -0.683. The summed E-state index contributed by atoms with van der Waals surface area (Å²) in [5.74, 6) is 0.705. The highest BCUT2D eigenvalue weighted by molar-refractivity contribution is 7.98. The Balaban J connectivity index is 3.53. The van der Waals surface area contributed by atoms with Gasteiger partial charge in [-0.3, -0.25) is 0 Å². The normalized spacial score (nSPS) is 14.8. The quantitative estimate of drug-likeness (QED) is 0.593. The van der Waals surface area contributed by atoms with Crippen LogP contribution < -0.4 is 10.6 Å². The van der Waals surface area contributed by atoms with Crippen LogP contribution in [-0.4, -0.2) is 54.0 Å². The average Bonchev–Trinajstić information content (AvgIpc) is 2.20. The first-order valence-corrected chi connectivity index (χ1v) is 7.94. The molecule has 1 unspecified atom stereocenters. The van der Waals surface area contributed by atoms with Crippen LogP contribution in [0.15, 0.2) is 0 Å². The molecule has 0 rings (SSSR count). The van der Waals surface area contributed by atoms with Crippen molar-refractivity contribution in [3.05, 3.63) is 0 Å². The Kier molecular flexibility index (Phi) is 8.45. The van der Waals surface area contributed by atoms with Gasteiger partial charge < -0.3 is 20.5 Å². The number of aliphatic hydroxyl groups is 1. The summed E-state index contributed by atoms with van der Waals surface area (Å²) in [5.41, 5.74) is -1.14. The number of alkyl carbamates (subject to hydrolysis) is 1. The van der Waals surface area contributed by atoms with Crippen molar-refractivity contribution in [1.82, 2.24) is 10.6 Å². The molecule has 0 aromatic carbocycles. The molecule has 0 radical (unpaired) electrons. The van der Waals surface area contributed by atoms with Crippen LogP contribution in [0.4, 0.5) is 4.79 Å². The molecule has 114 valence electrons. The largest absolute Gasteiger partial charge is 0.444 e. The van der Waals surface area contributed by atoms with Crippen molar-refractivity contribution in [3.63, 3.8) is 0 Å². The predicted octanol–water partition coefficient (Wildman–Crippen LogP) is 1.60. The molecule has 0 aliphatic carbocycles. The molecule has 19 heavy (non-hydrogen) atoms. The number of rotatable bonds is 8. The van der Waals surface area contributed by atoms with E-state index in [2.05, 4.69) is 10.6 Å². The highest BCUT2D eigenvalue weighted by Gasteiger charge is 2.18. The SMILES string of the molecule is CSCC(C)(O)CNCCCNC(=O)OC(C)(C)C. The number of carbonyl (C=O) groups is 1. The molecule has 0 spiro atoms. The Bertz CT molecular complexity index is 265. The van der Waals surface area contributed by atoms with Crippen LogP contribution in [-0.2, 0) is 4.74 Å². The fraction of sp³-hybridized carbons (Fsp3) is 0.923. The van der Waals surface area contributed by atoms with Crippen molar-refractivity contribution in [2.24, 2.45) is 0 Å². The summed E-state index contributed by atoms with van der Waals surface area (Å²) in [6.07, 6.45) is 2.38. The van der Waals surface area contributed by atoms with Gasteiger partial charge in [0.15, 0.2) is 0 Å². The summed E-state index contributed by atoms with van der Waals surface area (Å²) in [5, 5.41) is 15.8. The van der Waals surface area contributed by atoms with Gasteiger partial charge in [-0.05, 0) is 46.9 Å². The number of ether oxygens (including phenoxy) is 1. The standard InChI is InChI=1S/C13H28N2O3S/c1-12(2,3)18-11(16)15-8-6-7-14-9-13(4,17)10-19-5/h14,17H,6-10H2,1-5H3,(H,15,16). The zero-order valence-corrected chi connectivity index (χ0v) is 13.5. The molecule has 5 nitrogen and oxygen atoms in total. The molecule has 0 saturated carbocycles. The first-order chi connectivity index (χ1) is 8.66. The van der Waals surface area contributed by atoms with Crippen molar-refractivity contribution in [3.8, 4) is 0 Å². The molecule has 1 atom stereocenters. The maximum Gasteiger partial charge on any atom is 0.407 e. The van der Waals surface area contributed by atoms with Gasteiger partial charge in [0.1, 0.15) is 5.60 Å². The Morgan fingerprint density at radius 2 is 1.89 bits per heavy atom. The minimum Gasteiger partial charge on any atom is -0.444 e. The summed E-state index contributed by atoms with van der Waals surface area (Å²) in [6, 6.07) is 0. The molecular weight excluding hydrogens is 264 g/mol. The first kappa shape index (κ1) is 18.5. The van der Waals surface area contributed by atoms with Crippen molar-refractivity contribution >= 4 is 17.9 Å². The third-order valence-corrected chi connectivity index (χ3v) is 3.07. The lowest BCUT2D eigenvalue weighted by atomic mass is 10.1. The summed E-state index contributed by atoms with van der Waals surface area (Å²) in [4.78, 5) is 11.3. The molecule has 0 aromatic rings. The van der Waals surface area contributed by atoms with Gasteiger partial charge in [-0.25, -0.2) is 4.79 Å². The van der Waals surface area contributed by atoms with Crippen molar-refractivity contribution in [2.45, 2.75) is 45.3 Å². The van der Waals surface area contributed by atoms with Crippen LogP contribution in [0.5, 0.6) is 0 Å². The molecule has 1 amide bonds. The van der Waals surface area contributed by atoms with Gasteiger partial charge in [0, 0.05) is 18.8 Å². The summed E-state index contributed by atoms with van der Waals surface area (Å²) in [7, 11) is 0. The van der Waals surface area contributed by atoms with Crippen molar-refractivity contribution < 1.29 is 14.6 Å². The van der Waals surface area contributed by atoms with Crippen LogP contribution in [0.1, 0.15) is 34.1 Å². The van der Waals surface area contributed by atoms with E-state index in [1.807, 2.05) is 34.0 Å². The van der Waals surface area contributed by atoms with Crippen LogP contribution in [0, 0.1) is 0 Å². The Morgan fingerprint density at radius 3 is 2.42 bits per heavy atom. The molecule has 0 heterocycles. The van der Waals surface area contributed by atoms with E-state index in [0.717, 1.165) is 13.0 Å². The van der Waals surface area contributed by atoms with Gasteiger partial charge >= 0.3 is 6.09 Å². The smallest absolute Gasteiger partial charge is 0.407 e. The van der Waals surface area contributed by atoms with Gasteiger partial charge in [-0.1, -0.05) is 0 Å². The van der Waals surface area contributed by atoms with Gasteiger partial charge in [0.25, 0.3) is 0 Å². The zero-order chi connectivity index (χ0) is 14.9. The van der Waals surface area contributed by atoms with Crippen LogP contribution in [0.2, 0.25) is 0 Å². The number of hydrogen-bond donors (Lipinski definition) is 3. The summed E-state index contributed by atoms with van der Waals surface area (Å²) >= 11 is 1.62. The second-order valence-corrected chi connectivity index (χ2v) is 6.75. The third kappa shape index (κ3) is 12.3. The fourth-order valence-corrected chi connectivity index (χ4v) is 2.16. The number of carbonyl (C=O) groups excluding carboxylic acids is 1. The highest BCUT2D eigenvalue weighted by atomic mass is 32.2. The Hall–Kier alpha value is -0.460. The van der Waals surface area contributed by atoms with Gasteiger partial charge in [-0.2, -0.15) is 11.8 Å². The fourth-order valence-electron chi connectivity index (χ4n) is 1.44. The molecule has 0 aromatic heterocycles. The number of amides is 1. The van der Waals surface area contributed by atoms with E-state index < -0.39 is 11.2 Å². The van der Waals surface area contributed by atoms with E-state index in [9.17, 15) is 9.90 Å². The van der Waals surface area contributed by atoms with Crippen LogP contribution in [0.3, 0.4) is 0 Å². The first-order valence-electron chi connectivity index (χ1n) is 6.55. The topological polar surface area (TPSA) is 70.6 Å². The predicted molar refractivity (Wildman–Crippen MR) is 80.7 cm³/mol. The molecule has 0 bridgehead atoms. The maximum atomic E-state index is 11.3. The molecule has 0 aliphatic rings. The summed E-state index contributed by atoms with van der Waals surface area (Å²) in [6.45, 7) is 9.19. The molecule has 0 aliphatic heterocycles. The molecule has 0 saturated heterocycles. The lowest BCUT2D eigenvalue weighted by Crippen LogP contribution is -2.41.